The van der Waals surface area contributed by atoms with Gasteiger partial charge in [-0.05, 0) is 69.3 Å². The van der Waals surface area contributed by atoms with E-state index in [2.05, 4.69) is 16.0 Å². The Morgan fingerprint density at radius 2 is 1.72 bits per heavy atom. The summed E-state index contributed by atoms with van der Waals surface area (Å²) in [6.45, 7) is 2.27. The van der Waals surface area contributed by atoms with Gasteiger partial charge in [-0.15, -0.1) is 0 Å². The van der Waals surface area contributed by atoms with Gasteiger partial charge in [0.2, 0.25) is 5.91 Å². The molecule has 4 saturated carbocycles. The molecule has 4 aliphatic carbocycles. The molecule has 3 N–H and O–H groups in total. The number of benzene rings is 1. The highest BCUT2D eigenvalue weighted by Gasteiger charge is 2.51. The average molecular weight is 400 g/mol. The van der Waals surface area contributed by atoms with E-state index in [1.54, 1.807) is 7.11 Å². The molecule has 4 aliphatic rings. The van der Waals surface area contributed by atoms with E-state index in [9.17, 15) is 9.59 Å². The zero-order chi connectivity index (χ0) is 20.4. The molecule has 0 radical (unpaired) electrons. The monoisotopic (exact) mass is 399 g/mol. The number of nitrogens with one attached hydrogen (secondary N) is 3. The summed E-state index contributed by atoms with van der Waals surface area (Å²) in [5.41, 5.74) is 0.940. The molecule has 0 aromatic heterocycles. The van der Waals surface area contributed by atoms with Crippen molar-refractivity contribution in [3.63, 3.8) is 0 Å². The van der Waals surface area contributed by atoms with Crippen LogP contribution in [-0.2, 0) is 4.79 Å². The van der Waals surface area contributed by atoms with E-state index in [4.69, 9.17) is 4.74 Å². The molecule has 4 bridgehead atoms. The van der Waals surface area contributed by atoms with Crippen molar-refractivity contribution in [2.75, 3.05) is 13.7 Å². The van der Waals surface area contributed by atoms with Gasteiger partial charge in [-0.25, -0.2) is 4.79 Å². The van der Waals surface area contributed by atoms with Crippen LogP contribution in [0, 0.1) is 17.8 Å². The molecule has 6 nitrogen and oxygen atoms in total. The van der Waals surface area contributed by atoms with Crippen molar-refractivity contribution >= 4 is 11.9 Å². The largest absolute Gasteiger partial charge is 0.496 e. The van der Waals surface area contributed by atoms with E-state index in [-0.39, 0.29) is 29.9 Å². The molecule has 1 unspecified atom stereocenters. The normalized spacial score (nSPS) is 30.5. The number of ether oxygens (including phenoxy) is 1. The lowest BCUT2D eigenvalue weighted by atomic mass is 9.53. The fourth-order valence-electron chi connectivity index (χ4n) is 6.25. The molecule has 1 aromatic rings. The fourth-order valence-corrected chi connectivity index (χ4v) is 6.25. The number of hydrogen-bond acceptors (Lipinski definition) is 3. The van der Waals surface area contributed by atoms with Crippen molar-refractivity contribution in [3.8, 4) is 5.75 Å². The van der Waals surface area contributed by atoms with Crippen molar-refractivity contribution < 1.29 is 14.3 Å². The second-order valence-corrected chi connectivity index (χ2v) is 9.36. The molecular formula is C23H33N3O3. The lowest BCUT2D eigenvalue weighted by molar-refractivity contribution is -0.121. The first kappa shape index (κ1) is 20.0. The number of carbonyl (C=O) groups is 2. The first-order valence-corrected chi connectivity index (χ1v) is 10.9. The standard InChI is InChI=1S/C23H33N3O3/c1-15(19-5-3-4-6-20(19)29-2)25-21(27)7-8-24-22(28)26-23-12-16-9-17(13-23)11-18(10-16)14-23/h3-6,15-18H,7-14H2,1-2H3,(H,25,27)(H2,24,26,28). The van der Waals surface area contributed by atoms with Gasteiger partial charge >= 0.3 is 6.03 Å². The van der Waals surface area contributed by atoms with E-state index in [1.165, 1.54) is 19.3 Å². The lowest BCUT2D eigenvalue weighted by Crippen LogP contribution is -2.61. The van der Waals surface area contributed by atoms with Crippen LogP contribution in [0.3, 0.4) is 0 Å². The number of methoxy groups -OCH3 is 1. The van der Waals surface area contributed by atoms with Gasteiger partial charge in [0.25, 0.3) is 0 Å². The Morgan fingerprint density at radius 1 is 1.10 bits per heavy atom. The van der Waals surface area contributed by atoms with Gasteiger partial charge in [-0.3, -0.25) is 4.79 Å². The number of urea groups is 1. The van der Waals surface area contributed by atoms with Gasteiger partial charge in [-0.1, -0.05) is 18.2 Å². The first-order chi connectivity index (χ1) is 14.0. The Kier molecular flexibility index (Phi) is 5.70. The van der Waals surface area contributed by atoms with Gasteiger partial charge in [0.1, 0.15) is 5.75 Å². The molecule has 158 valence electrons. The van der Waals surface area contributed by atoms with Gasteiger partial charge < -0.3 is 20.7 Å². The second kappa shape index (κ2) is 8.25. The van der Waals surface area contributed by atoms with Gasteiger partial charge in [0.05, 0.1) is 13.2 Å². The minimum absolute atomic E-state index is 0.000527. The number of carbonyl (C=O) groups excluding carboxylic acids is 2. The minimum atomic E-state index is -0.153. The summed E-state index contributed by atoms with van der Waals surface area (Å²) in [5, 5.41) is 9.15. The number of hydrogen-bond donors (Lipinski definition) is 3. The highest BCUT2D eigenvalue weighted by molar-refractivity contribution is 5.79. The van der Waals surface area contributed by atoms with Crippen LogP contribution >= 0.6 is 0 Å². The Hall–Kier alpha value is -2.24. The van der Waals surface area contributed by atoms with Crippen molar-refractivity contribution in [2.45, 2.75) is 63.5 Å². The predicted molar refractivity (Wildman–Crippen MR) is 112 cm³/mol. The maximum Gasteiger partial charge on any atom is 0.315 e. The Balaban J connectivity index is 1.21. The van der Waals surface area contributed by atoms with Crippen LogP contribution in [0.4, 0.5) is 4.79 Å². The maximum absolute atomic E-state index is 12.5. The van der Waals surface area contributed by atoms with Gasteiger partial charge in [-0.2, -0.15) is 0 Å². The van der Waals surface area contributed by atoms with E-state index < -0.39 is 0 Å². The van der Waals surface area contributed by atoms with Gasteiger partial charge in [0.15, 0.2) is 0 Å². The fraction of sp³-hybridized carbons (Fsp3) is 0.652. The van der Waals surface area contributed by atoms with E-state index in [0.717, 1.165) is 48.3 Å². The number of rotatable bonds is 7. The third-order valence-corrected chi connectivity index (χ3v) is 7.04. The summed E-state index contributed by atoms with van der Waals surface area (Å²) in [4.78, 5) is 24.8. The lowest BCUT2D eigenvalue weighted by Gasteiger charge is -2.56. The minimum Gasteiger partial charge on any atom is -0.496 e. The zero-order valence-electron chi connectivity index (χ0n) is 17.5. The van der Waals surface area contributed by atoms with Crippen LogP contribution in [0.2, 0.25) is 0 Å². The molecule has 0 heterocycles. The molecule has 5 rings (SSSR count). The summed E-state index contributed by atoms with van der Waals surface area (Å²) in [6.07, 6.45) is 7.71. The van der Waals surface area contributed by atoms with Crippen molar-refractivity contribution in [1.29, 1.82) is 0 Å². The summed E-state index contributed by atoms with van der Waals surface area (Å²) in [7, 11) is 1.62. The number of para-hydroxylation sites is 1. The van der Waals surface area contributed by atoms with E-state index >= 15 is 0 Å². The molecule has 0 saturated heterocycles. The third kappa shape index (κ3) is 4.51. The molecule has 6 heteroatoms. The van der Waals surface area contributed by atoms with Crippen molar-refractivity contribution in [2.24, 2.45) is 17.8 Å². The summed E-state index contributed by atoms with van der Waals surface area (Å²) < 4.78 is 5.36. The number of amides is 3. The summed E-state index contributed by atoms with van der Waals surface area (Å²) >= 11 is 0. The quantitative estimate of drug-likeness (QED) is 0.656. The average Bonchev–Trinajstić information content (AvgIpc) is 2.66. The van der Waals surface area contributed by atoms with E-state index in [1.807, 2.05) is 31.2 Å². The summed E-state index contributed by atoms with van der Waals surface area (Å²) in [5.74, 6) is 3.06. The summed E-state index contributed by atoms with van der Waals surface area (Å²) in [6, 6.07) is 7.38. The SMILES string of the molecule is COc1ccccc1C(C)NC(=O)CCNC(=O)NC12CC3CC(CC(C3)C1)C2. The molecule has 1 aromatic carbocycles. The molecule has 3 amide bonds. The van der Waals surface area contributed by atoms with Crippen LogP contribution in [0.25, 0.3) is 0 Å². The highest BCUT2D eigenvalue weighted by atomic mass is 16.5. The van der Waals surface area contributed by atoms with Crippen LogP contribution in [0.1, 0.15) is 63.5 Å². The molecule has 0 aliphatic heterocycles. The van der Waals surface area contributed by atoms with Crippen LogP contribution in [0.15, 0.2) is 24.3 Å². The highest BCUT2D eigenvalue weighted by Crippen LogP contribution is 2.55. The molecule has 29 heavy (non-hydrogen) atoms. The Labute approximate surface area is 173 Å². The topological polar surface area (TPSA) is 79.5 Å². The first-order valence-electron chi connectivity index (χ1n) is 10.9. The van der Waals surface area contributed by atoms with Gasteiger partial charge in [0, 0.05) is 24.1 Å². The Bertz CT molecular complexity index is 728. The predicted octanol–water partition coefficient (Wildman–Crippen LogP) is 3.53. The van der Waals surface area contributed by atoms with Crippen LogP contribution in [0.5, 0.6) is 5.75 Å². The smallest absolute Gasteiger partial charge is 0.315 e. The van der Waals surface area contributed by atoms with Crippen LogP contribution < -0.4 is 20.7 Å². The van der Waals surface area contributed by atoms with Crippen LogP contribution in [-0.4, -0.2) is 31.1 Å². The molecule has 4 fully saturated rings. The molecule has 1 atom stereocenters. The third-order valence-electron chi connectivity index (χ3n) is 7.04. The maximum atomic E-state index is 12.5. The zero-order valence-corrected chi connectivity index (χ0v) is 17.5. The van der Waals surface area contributed by atoms with Crippen molar-refractivity contribution in [1.82, 2.24) is 16.0 Å². The molecule has 0 spiro atoms. The Morgan fingerprint density at radius 3 is 2.34 bits per heavy atom. The molecular weight excluding hydrogens is 366 g/mol. The van der Waals surface area contributed by atoms with E-state index in [0.29, 0.717) is 6.54 Å². The second-order valence-electron chi connectivity index (χ2n) is 9.36. The van der Waals surface area contributed by atoms with Crippen molar-refractivity contribution in [3.05, 3.63) is 29.8 Å².